The standard InChI is InChI=1S/C9H10F2N2O3/c1-15-4-3-13-6(8(10)11)5(9(12)14)7(4)16-2/h3,8H,1-2H3,(H2,12,14). The SMILES string of the molecule is COc1cnc(C(F)F)c(C(N)=O)c1OC. The number of hydrogen-bond acceptors (Lipinski definition) is 4. The average Bonchev–Trinajstić information content (AvgIpc) is 2.26. The Labute approximate surface area is 90.2 Å². The number of ether oxygens (including phenoxy) is 2. The maximum absolute atomic E-state index is 12.6. The summed E-state index contributed by atoms with van der Waals surface area (Å²) < 4.78 is 34.8. The minimum absolute atomic E-state index is 0.0701. The molecule has 1 aromatic heterocycles. The number of nitrogens with two attached hydrogens (primary N) is 1. The molecule has 0 aromatic carbocycles. The Morgan fingerprint density at radius 1 is 1.44 bits per heavy atom. The van der Waals surface area contributed by atoms with Gasteiger partial charge in [0.15, 0.2) is 11.5 Å². The maximum Gasteiger partial charge on any atom is 0.281 e. The van der Waals surface area contributed by atoms with Crippen LogP contribution in [0.4, 0.5) is 8.78 Å². The molecule has 0 bridgehead atoms. The van der Waals surface area contributed by atoms with Crippen LogP contribution in [0, 0.1) is 0 Å². The van der Waals surface area contributed by atoms with Crippen LogP contribution in [0.2, 0.25) is 0 Å². The normalized spacial score (nSPS) is 10.3. The molecule has 1 heterocycles. The highest BCUT2D eigenvalue weighted by molar-refractivity contribution is 5.97. The van der Waals surface area contributed by atoms with E-state index in [0.717, 1.165) is 6.20 Å². The Kier molecular flexibility index (Phi) is 3.60. The number of pyridine rings is 1. The molecular formula is C9H10F2N2O3. The zero-order valence-electron chi connectivity index (χ0n) is 8.66. The number of methoxy groups -OCH3 is 2. The van der Waals surface area contributed by atoms with Gasteiger partial charge in [0, 0.05) is 0 Å². The van der Waals surface area contributed by atoms with Crippen LogP contribution in [0.3, 0.4) is 0 Å². The molecule has 0 saturated carbocycles. The van der Waals surface area contributed by atoms with Gasteiger partial charge in [-0.3, -0.25) is 9.78 Å². The summed E-state index contributed by atoms with van der Waals surface area (Å²) in [7, 11) is 2.52. The third kappa shape index (κ3) is 2.02. The topological polar surface area (TPSA) is 74.4 Å². The first kappa shape index (κ1) is 12.2. The zero-order chi connectivity index (χ0) is 12.3. The molecule has 7 heteroatoms. The van der Waals surface area contributed by atoms with E-state index in [1.165, 1.54) is 14.2 Å². The lowest BCUT2D eigenvalue weighted by Crippen LogP contribution is -2.17. The van der Waals surface area contributed by atoms with Crippen LogP contribution in [0.25, 0.3) is 0 Å². The fraction of sp³-hybridized carbons (Fsp3) is 0.333. The van der Waals surface area contributed by atoms with Crippen molar-refractivity contribution in [3.8, 4) is 11.5 Å². The lowest BCUT2D eigenvalue weighted by atomic mass is 10.1. The quantitative estimate of drug-likeness (QED) is 0.844. The van der Waals surface area contributed by atoms with Gasteiger partial charge < -0.3 is 15.2 Å². The van der Waals surface area contributed by atoms with Gasteiger partial charge in [0.1, 0.15) is 11.3 Å². The molecular weight excluding hydrogens is 222 g/mol. The molecule has 0 fully saturated rings. The molecule has 0 spiro atoms. The van der Waals surface area contributed by atoms with Crippen molar-refractivity contribution >= 4 is 5.91 Å². The predicted molar refractivity (Wildman–Crippen MR) is 50.8 cm³/mol. The second-order valence-electron chi connectivity index (χ2n) is 2.79. The smallest absolute Gasteiger partial charge is 0.281 e. The third-order valence-electron chi connectivity index (χ3n) is 1.91. The minimum Gasteiger partial charge on any atom is -0.492 e. The van der Waals surface area contributed by atoms with Crippen molar-refractivity contribution in [2.24, 2.45) is 5.73 Å². The molecule has 0 aliphatic carbocycles. The number of nitrogens with zero attached hydrogens (tertiary/aromatic N) is 1. The fourth-order valence-electron chi connectivity index (χ4n) is 1.24. The van der Waals surface area contributed by atoms with Crippen molar-refractivity contribution in [2.45, 2.75) is 6.43 Å². The number of rotatable bonds is 4. The summed E-state index contributed by atoms with van der Waals surface area (Å²) in [6, 6.07) is 0. The molecule has 0 aliphatic heterocycles. The van der Waals surface area contributed by atoms with E-state index in [9.17, 15) is 13.6 Å². The Hall–Kier alpha value is -1.92. The summed E-state index contributed by atoms with van der Waals surface area (Å²) in [5.74, 6) is -1.11. The van der Waals surface area contributed by atoms with Crippen LogP contribution in [-0.2, 0) is 0 Å². The molecule has 5 nitrogen and oxygen atoms in total. The number of primary amides is 1. The highest BCUT2D eigenvalue weighted by atomic mass is 19.3. The maximum atomic E-state index is 12.6. The molecule has 1 aromatic rings. The van der Waals surface area contributed by atoms with Gasteiger partial charge >= 0.3 is 0 Å². The Morgan fingerprint density at radius 2 is 2.06 bits per heavy atom. The zero-order valence-corrected chi connectivity index (χ0v) is 8.66. The second-order valence-corrected chi connectivity index (χ2v) is 2.79. The molecule has 0 saturated heterocycles. The van der Waals surface area contributed by atoms with E-state index < -0.39 is 23.6 Å². The van der Waals surface area contributed by atoms with Crippen molar-refractivity contribution in [3.05, 3.63) is 17.5 Å². The fourth-order valence-corrected chi connectivity index (χ4v) is 1.24. The number of carbonyl (C=O) groups excluding carboxylic acids is 1. The monoisotopic (exact) mass is 232 g/mol. The van der Waals surface area contributed by atoms with Crippen molar-refractivity contribution in [1.29, 1.82) is 0 Å². The van der Waals surface area contributed by atoms with Gasteiger partial charge in [-0.1, -0.05) is 0 Å². The Bertz CT molecular complexity index is 410. The predicted octanol–water partition coefficient (Wildman–Crippen LogP) is 1.14. The number of hydrogen-bond donors (Lipinski definition) is 1. The van der Waals surface area contributed by atoms with Gasteiger partial charge in [-0.2, -0.15) is 0 Å². The van der Waals surface area contributed by atoms with Crippen LogP contribution in [0.15, 0.2) is 6.20 Å². The van der Waals surface area contributed by atoms with Crippen molar-refractivity contribution in [1.82, 2.24) is 4.98 Å². The summed E-state index contributed by atoms with van der Waals surface area (Å²) in [6.45, 7) is 0. The van der Waals surface area contributed by atoms with Crippen molar-refractivity contribution in [2.75, 3.05) is 14.2 Å². The Morgan fingerprint density at radius 3 is 2.44 bits per heavy atom. The van der Waals surface area contributed by atoms with Gasteiger partial charge in [-0.05, 0) is 0 Å². The lowest BCUT2D eigenvalue weighted by Gasteiger charge is -2.13. The van der Waals surface area contributed by atoms with Crippen molar-refractivity contribution in [3.63, 3.8) is 0 Å². The van der Waals surface area contributed by atoms with E-state index in [2.05, 4.69) is 4.98 Å². The van der Waals surface area contributed by atoms with Gasteiger partial charge in [0.05, 0.1) is 20.4 Å². The van der Waals surface area contributed by atoms with Crippen LogP contribution in [0.5, 0.6) is 11.5 Å². The first-order valence-electron chi connectivity index (χ1n) is 4.21. The number of halogens is 2. The van der Waals surface area contributed by atoms with Gasteiger partial charge in [0.2, 0.25) is 0 Å². The first-order chi connectivity index (χ1) is 7.52. The molecule has 0 atom stereocenters. The van der Waals surface area contributed by atoms with Crippen LogP contribution in [-0.4, -0.2) is 25.1 Å². The van der Waals surface area contributed by atoms with E-state index in [1.807, 2.05) is 0 Å². The molecule has 2 N–H and O–H groups in total. The highest BCUT2D eigenvalue weighted by Crippen LogP contribution is 2.35. The molecule has 0 radical (unpaired) electrons. The number of alkyl halides is 2. The second kappa shape index (κ2) is 4.73. The number of amides is 1. The van der Waals surface area contributed by atoms with E-state index in [-0.39, 0.29) is 11.5 Å². The summed E-state index contributed by atoms with van der Waals surface area (Å²) in [5.41, 5.74) is 3.83. The van der Waals surface area contributed by atoms with E-state index in [0.29, 0.717) is 0 Å². The van der Waals surface area contributed by atoms with E-state index in [1.54, 1.807) is 0 Å². The summed E-state index contributed by atoms with van der Waals surface area (Å²) in [6.07, 6.45) is -1.87. The summed E-state index contributed by atoms with van der Waals surface area (Å²) in [5, 5.41) is 0. The molecule has 16 heavy (non-hydrogen) atoms. The molecule has 0 unspecified atom stereocenters. The Balaban J connectivity index is 3.50. The van der Waals surface area contributed by atoms with Gasteiger partial charge in [-0.15, -0.1) is 0 Å². The van der Waals surface area contributed by atoms with Gasteiger partial charge in [0.25, 0.3) is 12.3 Å². The molecule has 88 valence electrons. The third-order valence-corrected chi connectivity index (χ3v) is 1.91. The van der Waals surface area contributed by atoms with E-state index >= 15 is 0 Å². The average molecular weight is 232 g/mol. The summed E-state index contributed by atoms with van der Waals surface area (Å²) >= 11 is 0. The summed E-state index contributed by atoms with van der Waals surface area (Å²) in [4.78, 5) is 14.5. The minimum atomic E-state index is -2.91. The van der Waals surface area contributed by atoms with Crippen LogP contribution < -0.4 is 15.2 Å². The molecule has 1 rings (SSSR count). The van der Waals surface area contributed by atoms with Crippen LogP contribution >= 0.6 is 0 Å². The number of aromatic nitrogens is 1. The largest absolute Gasteiger partial charge is 0.492 e. The lowest BCUT2D eigenvalue weighted by molar-refractivity contribution is 0.0977. The van der Waals surface area contributed by atoms with Crippen LogP contribution in [0.1, 0.15) is 22.5 Å². The molecule has 0 aliphatic rings. The first-order valence-corrected chi connectivity index (χ1v) is 4.21. The molecule has 1 amide bonds. The highest BCUT2D eigenvalue weighted by Gasteiger charge is 2.25. The van der Waals surface area contributed by atoms with E-state index in [4.69, 9.17) is 15.2 Å². The van der Waals surface area contributed by atoms with Gasteiger partial charge in [-0.25, -0.2) is 8.78 Å². The van der Waals surface area contributed by atoms with Crippen molar-refractivity contribution < 1.29 is 23.0 Å². The number of carbonyl (C=O) groups is 1.